The van der Waals surface area contributed by atoms with Gasteiger partial charge in [0.05, 0.1) is 12.1 Å². The lowest BCUT2D eigenvalue weighted by Crippen LogP contribution is -2.04. The molecule has 4 heteroatoms. The zero-order valence-electron chi connectivity index (χ0n) is 9.50. The first-order valence-electron chi connectivity index (χ1n) is 5.31. The van der Waals surface area contributed by atoms with E-state index in [9.17, 15) is 4.79 Å². The second-order valence-electron chi connectivity index (χ2n) is 3.94. The summed E-state index contributed by atoms with van der Waals surface area (Å²) in [4.78, 5) is 18.2. The summed E-state index contributed by atoms with van der Waals surface area (Å²) in [6.45, 7) is 5.96. The van der Waals surface area contributed by atoms with Gasteiger partial charge in [-0.2, -0.15) is 0 Å². The predicted octanol–water partition coefficient (Wildman–Crippen LogP) is 2.25. The molecule has 0 aliphatic carbocycles. The molecule has 1 aromatic heterocycles. The van der Waals surface area contributed by atoms with Gasteiger partial charge in [0.2, 0.25) is 0 Å². The van der Waals surface area contributed by atoms with Gasteiger partial charge in [-0.25, -0.2) is 4.98 Å². The number of aromatic nitrogens is 2. The molecule has 1 rings (SSSR count). The molecule has 0 amide bonds. The third kappa shape index (κ3) is 3.08. The number of imidazole rings is 1. The Morgan fingerprint density at radius 1 is 1.60 bits per heavy atom. The molecule has 0 aliphatic heterocycles. The minimum absolute atomic E-state index is 0.0493. The van der Waals surface area contributed by atoms with Crippen LogP contribution in [-0.2, 0) is 11.2 Å². The van der Waals surface area contributed by atoms with Crippen LogP contribution in [0.1, 0.15) is 49.8 Å². The van der Waals surface area contributed by atoms with Gasteiger partial charge in [0, 0.05) is 11.6 Å². The summed E-state index contributed by atoms with van der Waals surface area (Å²) in [7, 11) is 0. The lowest BCUT2D eigenvalue weighted by atomic mass is 10.1. The molecule has 0 radical (unpaired) electrons. The number of nitrogens with one attached hydrogen (secondary N) is 1. The van der Waals surface area contributed by atoms with Crippen molar-refractivity contribution >= 4 is 5.97 Å². The van der Waals surface area contributed by atoms with Crippen LogP contribution in [0.4, 0.5) is 0 Å². The van der Waals surface area contributed by atoms with Gasteiger partial charge in [-0.05, 0) is 13.3 Å². The molecule has 1 atom stereocenters. The molecule has 0 fully saturated rings. The fourth-order valence-corrected chi connectivity index (χ4v) is 1.59. The quantitative estimate of drug-likeness (QED) is 0.783. The third-order valence-electron chi connectivity index (χ3n) is 2.44. The number of aromatic amines is 1. The van der Waals surface area contributed by atoms with Gasteiger partial charge >= 0.3 is 5.97 Å². The number of nitrogens with zero attached hydrogens (tertiary/aromatic N) is 1. The number of H-pyrrole nitrogens is 1. The maximum atomic E-state index is 10.6. The third-order valence-corrected chi connectivity index (χ3v) is 2.44. The van der Waals surface area contributed by atoms with E-state index in [0.29, 0.717) is 0 Å². The van der Waals surface area contributed by atoms with Crippen LogP contribution in [0.3, 0.4) is 0 Å². The summed E-state index contributed by atoms with van der Waals surface area (Å²) in [6, 6.07) is 0. The molecule has 4 nitrogen and oxygen atoms in total. The van der Waals surface area contributed by atoms with E-state index in [4.69, 9.17) is 5.11 Å². The average molecular weight is 210 g/mol. The molecule has 0 saturated carbocycles. The highest BCUT2D eigenvalue weighted by Gasteiger charge is 2.15. The molecule has 0 saturated heterocycles. The summed E-state index contributed by atoms with van der Waals surface area (Å²) in [5.74, 6) is -0.0428. The Hall–Kier alpha value is -1.32. The van der Waals surface area contributed by atoms with Crippen molar-refractivity contribution in [2.45, 2.75) is 46.0 Å². The van der Waals surface area contributed by atoms with Gasteiger partial charge in [0.15, 0.2) is 0 Å². The number of rotatable bonds is 5. The largest absolute Gasteiger partial charge is 0.481 e. The van der Waals surface area contributed by atoms with Crippen LogP contribution in [0, 0.1) is 6.92 Å². The maximum Gasteiger partial charge on any atom is 0.304 e. The molecule has 0 bridgehead atoms. The first-order chi connectivity index (χ1) is 7.04. The second kappa shape index (κ2) is 4.96. The Morgan fingerprint density at radius 2 is 2.27 bits per heavy atom. The highest BCUT2D eigenvalue weighted by Crippen LogP contribution is 2.18. The highest BCUT2D eigenvalue weighted by atomic mass is 16.4. The Kier molecular flexibility index (Phi) is 3.88. The minimum Gasteiger partial charge on any atom is -0.481 e. The Labute approximate surface area is 89.7 Å². The summed E-state index contributed by atoms with van der Waals surface area (Å²) >= 11 is 0. The predicted molar refractivity (Wildman–Crippen MR) is 58.0 cm³/mol. The molecule has 1 heterocycles. The molecule has 1 aromatic rings. The van der Waals surface area contributed by atoms with Crippen molar-refractivity contribution in [3.63, 3.8) is 0 Å². The Balaban J connectivity index is 2.77. The maximum absolute atomic E-state index is 10.6. The fourth-order valence-electron chi connectivity index (χ4n) is 1.59. The highest BCUT2D eigenvalue weighted by molar-refractivity contribution is 5.67. The van der Waals surface area contributed by atoms with Crippen LogP contribution >= 0.6 is 0 Å². The van der Waals surface area contributed by atoms with Gasteiger partial charge in [-0.3, -0.25) is 4.79 Å². The van der Waals surface area contributed by atoms with E-state index in [0.717, 1.165) is 30.1 Å². The number of hydrogen-bond donors (Lipinski definition) is 2. The van der Waals surface area contributed by atoms with Crippen LogP contribution in [-0.4, -0.2) is 21.0 Å². The summed E-state index contributed by atoms with van der Waals surface area (Å²) in [5.41, 5.74) is 2.12. The van der Waals surface area contributed by atoms with Crippen molar-refractivity contribution < 1.29 is 9.90 Å². The van der Waals surface area contributed by atoms with E-state index in [2.05, 4.69) is 16.9 Å². The standard InChI is InChI=1S/C11H18N2O2/c1-4-5-9-8(3)12-11(13-9)7(2)6-10(14)15/h7H,4-6H2,1-3H3,(H,12,13)(H,14,15). The molecule has 15 heavy (non-hydrogen) atoms. The lowest BCUT2D eigenvalue weighted by Gasteiger charge is -2.03. The van der Waals surface area contributed by atoms with E-state index >= 15 is 0 Å². The van der Waals surface area contributed by atoms with Crippen LogP contribution in [0.5, 0.6) is 0 Å². The molecule has 1 unspecified atom stereocenters. The van der Waals surface area contributed by atoms with Crippen molar-refractivity contribution in [2.24, 2.45) is 0 Å². The van der Waals surface area contributed by atoms with E-state index < -0.39 is 5.97 Å². The van der Waals surface area contributed by atoms with E-state index in [1.807, 2.05) is 13.8 Å². The summed E-state index contributed by atoms with van der Waals surface area (Å²) < 4.78 is 0. The number of carbonyl (C=O) groups is 1. The monoisotopic (exact) mass is 210 g/mol. The molecule has 0 aromatic carbocycles. The SMILES string of the molecule is CCCc1nc(C(C)CC(=O)O)[nH]c1C. The number of aliphatic carboxylic acids is 1. The average Bonchev–Trinajstić information content (AvgIpc) is 2.47. The number of carboxylic acids is 1. The van der Waals surface area contributed by atoms with Crippen molar-refractivity contribution in [2.75, 3.05) is 0 Å². The first kappa shape index (κ1) is 11.8. The first-order valence-corrected chi connectivity index (χ1v) is 5.31. The van der Waals surface area contributed by atoms with E-state index in [1.54, 1.807) is 0 Å². The molecule has 84 valence electrons. The molecular weight excluding hydrogens is 192 g/mol. The topological polar surface area (TPSA) is 66.0 Å². The summed E-state index contributed by atoms with van der Waals surface area (Å²) in [5, 5.41) is 8.68. The van der Waals surface area contributed by atoms with Crippen LogP contribution in [0.15, 0.2) is 0 Å². The minimum atomic E-state index is -0.784. The number of hydrogen-bond acceptors (Lipinski definition) is 2. The van der Waals surface area contributed by atoms with Gasteiger partial charge in [0.1, 0.15) is 5.82 Å². The molecule has 0 spiro atoms. The van der Waals surface area contributed by atoms with E-state index in [1.165, 1.54) is 0 Å². The fraction of sp³-hybridized carbons (Fsp3) is 0.636. The van der Waals surface area contributed by atoms with Crippen molar-refractivity contribution in [1.82, 2.24) is 9.97 Å². The Bertz CT molecular complexity index is 344. The van der Waals surface area contributed by atoms with Crippen LogP contribution in [0.2, 0.25) is 0 Å². The van der Waals surface area contributed by atoms with Crippen LogP contribution in [0.25, 0.3) is 0 Å². The zero-order valence-corrected chi connectivity index (χ0v) is 9.50. The van der Waals surface area contributed by atoms with Crippen molar-refractivity contribution in [1.29, 1.82) is 0 Å². The molecule has 0 aliphatic rings. The van der Waals surface area contributed by atoms with E-state index in [-0.39, 0.29) is 12.3 Å². The van der Waals surface area contributed by atoms with Crippen molar-refractivity contribution in [3.8, 4) is 0 Å². The van der Waals surface area contributed by atoms with Gasteiger partial charge in [-0.1, -0.05) is 20.3 Å². The van der Waals surface area contributed by atoms with Crippen LogP contribution < -0.4 is 0 Å². The number of carboxylic acid groups (broad SMARTS) is 1. The molecule has 2 N–H and O–H groups in total. The van der Waals surface area contributed by atoms with Gasteiger partial charge in [-0.15, -0.1) is 0 Å². The number of aryl methyl sites for hydroxylation is 2. The summed E-state index contributed by atoms with van der Waals surface area (Å²) in [6.07, 6.45) is 2.12. The van der Waals surface area contributed by atoms with Gasteiger partial charge < -0.3 is 10.1 Å². The Morgan fingerprint density at radius 3 is 2.80 bits per heavy atom. The normalized spacial score (nSPS) is 12.7. The molecular formula is C11H18N2O2. The second-order valence-corrected chi connectivity index (χ2v) is 3.94. The zero-order chi connectivity index (χ0) is 11.4. The van der Waals surface area contributed by atoms with Gasteiger partial charge in [0.25, 0.3) is 0 Å². The smallest absolute Gasteiger partial charge is 0.304 e. The lowest BCUT2D eigenvalue weighted by molar-refractivity contribution is -0.137. The van der Waals surface area contributed by atoms with Crippen molar-refractivity contribution in [3.05, 3.63) is 17.2 Å².